The van der Waals surface area contributed by atoms with Crippen molar-refractivity contribution in [2.75, 3.05) is 0 Å². The summed E-state index contributed by atoms with van der Waals surface area (Å²) in [7, 11) is 1.90. The van der Waals surface area contributed by atoms with Crippen LogP contribution < -0.4 is 5.32 Å². The first-order chi connectivity index (χ1) is 21.7. The highest BCUT2D eigenvalue weighted by Crippen LogP contribution is 2.39. The summed E-state index contributed by atoms with van der Waals surface area (Å²) in [6.07, 6.45) is 21.1. The predicted octanol–water partition coefficient (Wildman–Crippen LogP) is 7.07. The van der Waals surface area contributed by atoms with E-state index in [1.807, 2.05) is 68.2 Å². The number of nitrogens with zero attached hydrogens (tertiary/aromatic N) is 5. The molecule has 1 amide bonds. The third-order valence-corrected chi connectivity index (χ3v) is 9.64. The lowest BCUT2D eigenvalue weighted by molar-refractivity contribution is -0.124. The molecule has 7 heteroatoms. The Bertz CT molecular complexity index is 1590. The Morgan fingerprint density at radius 1 is 1.04 bits per heavy atom. The van der Waals surface area contributed by atoms with Gasteiger partial charge in [0.25, 0.3) is 0 Å². The molecule has 45 heavy (non-hydrogen) atoms. The Morgan fingerprint density at radius 2 is 1.82 bits per heavy atom. The summed E-state index contributed by atoms with van der Waals surface area (Å²) in [4.78, 5) is 28.2. The third kappa shape index (κ3) is 8.45. The summed E-state index contributed by atoms with van der Waals surface area (Å²) in [6.45, 7) is 7.32. The highest BCUT2D eigenvalue weighted by molar-refractivity contribution is 5.83. The van der Waals surface area contributed by atoms with Gasteiger partial charge in [0, 0.05) is 49.7 Å². The molecule has 1 N–H and O–H groups in total. The molecule has 3 heterocycles. The van der Waals surface area contributed by atoms with Crippen molar-refractivity contribution in [2.24, 2.45) is 24.3 Å². The number of carbonyl (C=O) groups excluding carboxylic acids is 1. The molecular formula is C38H46N6O. The standard InChI is InChI=1S/C38H46N6O/c1-6-29-23-40-35(43-33(29)19-20-38(3,4)7-2)21-27-13-15-30(16-14-27)36(37(45)41-22-28-11-9-8-10-12-28)34-18-17-31(24-39-34)32-25-42-44(5)26-32/h1,8-12,17-18,23-27,30,36H,7,13-16,19-22H2,2-5H3,(H,41,45)/t27-,30-,36?. The van der Waals surface area contributed by atoms with E-state index in [0.717, 1.165) is 90.8 Å². The van der Waals surface area contributed by atoms with Crippen molar-refractivity contribution in [3.63, 3.8) is 0 Å². The van der Waals surface area contributed by atoms with Gasteiger partial charge in [-0.3, -0.25) is 14.5 Å². The van der Waals surface area contributed by atoms with Crippen molar-refractivity contribution in [2.45, 2.75) is 84.6 Å². The molecule has 1 saturated carbocycles. The lowest BCUT2D eigenvalue weighted by Gasteiger charge is -2.33. The van der Waals surface area contributed by atoms with Crippen LogP contribution in [-0.4, -0.2) is 30.6 Å². The smallest absolute Gasteiger partial charge is 0.229 e. The molecule has 4 aromatic rings. The highest BCUT2D eigenvalue weighted by Gasteiger charge is 2.34. The molecular weight excluding hydrogens is 556 g/mol. The van der Waals surface area contributed by atoms with E-state index in [4.69, 9.17) is 16.4 Å². The number of aromatic nitrogens is 5. The molecule has 3 aromatic heterocycles. The van der Waals surface area contributed by atoms with E-state index >= 15 is 0 Å². The Labute approximate surface area is 268 Å². The zero-order valence-corrected chi connectivity index (χ0v) is 27.2. The topological polar surface area (TPSA) is 85.6 Å². The maximum Gasteiger partial charge on any atom is 0.229 e. The van der Waals surface area contributed by atoms with E-state index in [1.165, 1.54) is 0 Å². The van der Waals surface area contributed by atoms with Crippen LogP contribution in [0.15, 0.2) is 67.3 Å². The second-order valence-corrected chi connectivity index (χ2v) is 13.3. The van der Waals surface area contributed by atoms with Gasteiger partial charge in [0.1, 0.15) is 5.82 Å². The fourth-order valence-electron chi connectivity index (χ4n) is 6.30. The molecule has 1 atom stereocenters. The van der Waals surface area contributed by atoms with Crippen LogP contribution in [0.1, 0.15) is 93.6 Å². The van der Waals surface area contributed by atoms with Gasteiger partial charge in [-0.05, 0) is 67.4 Å². The van der Waals surface area contributed by atoms with Crippen LogP contribution in [0.3, 0.4) is 0 Å². The first-order valence-electron chi connectivity index (χ1n) is 16.3. The number of hydrogen-bond donors (Lipinski definition) is 1. The molecule has 0 spiro atoms. The van der Waals surface area contributed by atoms with Crippen LogP contribution in [-0.2, 0) is 31.2 Å². The second kappa shape index (κ2) is 14.6. The number of hydrogen-bond acceptors (Lipinski definition) is 5. The van der Waals surface area contributed by atoms with Crippen LogP contribution in [0.5, 0.6) is 0 Å². The number of pyridine rings is 1. The normalized spacial score (nSPS) is 17.4. The molecule has 0 radical (unpaired) electrons. The third-order valence-electron chi connectivity index (χ3n) is 9.64. The van der Waals surface area contributed by atoms with Crippen molar-refractivity contribution in [3.8, 4) is 23.5 Å². The van der Waals surface area contributed by atoms with Crippen molar-refractivity contribution in [1.82, 2.24) is 30.0 Å². The van der Waals surface area contributed by atoms with Gasteiger partial charge in [0.05, 0.1) is 29.1 Å². The van der Waals surface area contributed by atoms with Gasteiger partial charge in [-0.25, -0.2) is 9.97 Å². The van der Waals surface area contributed by atoms with Gasteiger partial charge in [-0.15, -0.1) is 6.42 Å². The van der Waals surface area contributed by atoms with E-state index in [1.54, 1.807) is 4.68 Å². The number of amides is 1. The van der Waals surface area contributed by atoms with Crippen LogP contribution >= 0.6 is 0 Å². The highest BCUT2D eigenvalue weighted by atomic mass is 16.1. The summed E-state index contributed by atoms with van der Waals surface area (Å²) in [5, 5.41) is 7.50. The average molecular weight is 603 g/mol. The summed E-state index contributed by atoms with van der Waals surface area (Å²) in [5.74, 6) is 4.09. The van der Waals surface area contributed by atoms with Crippen LogP contribution in [0.25, 0.3) is 11.1 Å². The van der Waals surface area contributed by atoms with Crippen LogP contribution in [0.2, 0.25) is 0 Å². The minimum Gasteiger partial charge on any atom is -0.351 e. The van der Waals surface area contributed by atoms with E-state index < -0.39 is 0 Å². The Kier molecular flexibility index (Phi) is 10.4. The zero-order chi connectivity index (χ0) is 31.8. The largest absolute Gasteiger partial charge is 0.351 e. The first kappa shape index (κ1) is 32.1. The number of aryl methyl sites for hydroxylation is 2. The Morgan fingerprint density at radius 3 is 2.47 bits per heavy atom. The van der Waals surface area contributed by atoms with Crippen molar-refractivity contribution < 1.29 is 4.79 Å². The monoisotopic (exact) mass is 602 g/mol. The SMILES string of the molecule is C#Cc1cnc(C[C@H]2CC[C@H](C(C(=O)NCc3ccccc3)c3ccc(-c4cnn(C)c4)cn3)CC2)nc1CCC(C)(C)CC. The minimum atomic E-state index is -0.308. The molecule has 5 rings (SSSR count). The van der Waals surface area contributed by atoms with Crippen molar-refractivity contribution >= 4 is 5.91 Å². The quantitative estimate of drug-likeness (QED) is 0.175. The van der Waals surface area contributed by atoms with E-state index in [9.17, 15) is 4.79 Å². The number of terminal acetylenes is 1. The lowest BCUT2D eigenvalue weighted by atomic mass is 9.73. The fraction of sp³-hybridized carbons (Fsp3) is 0.447. The lowest BCUT2D eigenvalue weighted by Crippen LogP contribution is -2.35. The molecule has 234 valence electrons. The average Bonchev–Trinajstić information content (AvgIpc) is 3.51. The molecule has 0 aliphatic heterocycles. The van der Waals surface area contributed by atoms with Gasteiger partial charge in [0.15, 0.2) is 0 Å². The van der Waals surface area contributed by atoms with Crippen molar-refractivity contribution in [1.29, 1.82) is 0 Å². The van der Waals surface area contributed by atoms with Gasteiger partial charge in [0.2, 0.25) is 5.91 Å². The molecule has 0 saturated heterocycles. The Hall–Kier alpha value is -4.31. The second-order valence-electron chi connectivity index (χ2n) is 13.3. The van der Waals surface area contributed by atoms with Gasteiger partial charge >= 0.3 is 0 Å². The number of nitrogens with one attached hydrogen (secondary N) is 1. The summed E-state index contributed by atoms with van der Waals surface area (Å²) in [5.41, 5.74) is 5.97. The van der Waals surface area contributed by atoms with E-state index in [-0.39, 0.29) is 23.2 Å². The van der Waals surface area contributed by atoms with E-state index in [0.29, 0.717) is 12.5 Å². The molecule has 1 unspecified atom stereocenters. The molecule has 1 aliphatic rings. The van der Waals surface area contributed by atoms with Crippen LogP contribution in [0, 0.1) is 29.6 Å². The molecule has 0 bridgehead atoms. The first-order valence-corrected chi connectivity index (χ1v) is 16.3. The minimum absolute atomic E-state index is 0.0387. The number of rotatable bonds is 12. The summed E-state index contributed by atoms with van der Waals surface area (Å²) in [6, 6.07) is 14.1. The van der Waals surface area contributed by atoms with Gasteiger partial charge < -0.3 is 5.32 Å². The van der Waals surface area contributed by atoms with Crippen molar-refractivity contribution in [3.05, 3.63) is 95.6 Å². The Balaban J connectivity index is 1.27. The summed E-state index contributed by atoms with van der Waals surface area (Å²) >= 11 is 0. The van der Waals surface area contributed by atoms with Gasteiger partial charge in [-0.1, -0.05) is 69.5 Å². The molecule has 7 nitrogen and oxygen atoms in total. The molecule has 1 fully saturated rings. The number of carbonyl (C=O) groups is 1. The number of benzene rings is 1. The maximum absolute atomic E-state index is 13.8. The van der Waals surface area contributed by atoms with Crippen LogP contribution in [0.4, 0.5) is 0 Å². The van der Waals surface area contributed by atoms with Gasteiger partial charge in [-0.2, -0.15) is 5.10 Å². The molecule has 1 aromatic carbocycles. The maximum atomic E-state index is 13.8. The zero-order valence-electron chi connectivity index (χ0n) is 27.2. The summed E-state index contributed by atoms with van der Waals surface area (Å²) < 4.78 is 1.78. The molecule has 1 aliphatic carbocycles. The predicted molar refractivity (Wildman–Crippen MR) is 179 cm³/mol. The fourth-order valence-corrected chi connectivity index (χ4v) is 6.30. The van der Waals surface area contributed by atoms with E-state index in [2.05, 4.69) is 48.2 Å².